The fourth-order valence-corrected chi connectivity index (χ4v) is 1.12. The molecule has 2 N–H and O–H groups in total. The molecule has 0 radical (unpaired) electrons. The summed E-state index contributed by atoms with van der Waals surface area (Å²) in [5.74, 6) is 0.296. The van der Waals surface area contributed by atoms with Crippen molar-refractivity contribution in [1.29, 1.82) is 0 Å². The molecule has 0 aliphatic rings. The van der Waals surface area contributed by atoms with Gasteiger partial charge in [-0.2, -0.15) is 0 Å². The van der Waals surface area contributed by atoms with E-state index >= 15 is 0 Å². The molecule has 0 saturated carbocycles. The number of aromatic nitrogens is 2. The Kier molecular flexibility index (Phi) is 4.26. The van der Waals surface area contributed by atoms with E-state index in [4.69, 9.17) is 17.3 Å². The first-order valence-electron chi connectivity index (χ1n) is 3.36. The van der Waals surface area contributed by atoms with E-state index in [2.05, 4.69) is 16.2 Å². The summed E-state index contributed by atoms with van der Waals surface area (Å²) < 4.78 is 0. The molecule has 2 aromatic rings. The fourth-order valence-electron chi connectivity index (χ4n) is 0.953. The van der Waals surface area contributed by atoms with Crippen LogP contribution in [0.15, 0.2) is 18.2 Å². The number of nitrogens with two attached hydrogens (primary N) is 1. The summed E-state index contributed by atoms with van der Waals surface area (Å²) in [4.78, 5) is 7.96. The second-order valence-corrected chi connectivity index (χ2v) is 2.79. The summed E-state index contributed by atoms with van der Waals surface area (Å²) >= 11 is 5.75. The largest absolute Gasteiger partial charge is 1.00 e. The van der Waals surface area contributed by atoms with Crippen LogP contribution in [0.2, 0.25) is 5.02 Å². The van der Waals surface area contributed by atoms with Crippen molar-refractivity contribution < 1.29 is 58.2 Å². The smallest absolute Gasteiger partial charge is 0.446 e. The van der Waals surface area contributed by atoms with Crippen LogP contribution >= 0.6 is 11.6 Å². The number of nitrogen functional groups attached to an aromatic ring is 1. The zero-order valence-corrected chi connectivity index (χ0v) is 12.8. The summed E-state index contributed by atoms with van der Waals surface area (Å²) in [5.41, 5.74) is 6.84. The van der Waals surface area contributed by atoms with Gasteiger partial charge in [-0.1, -0.05) is 29.3 Å². The first-order valence-corrected chi connectivity index (χ1v) is 3.74. The van der Waals surface area contributed by atoms with Gasteiger partial charge in [0.25, 0.3) is 0 Å². The molecule has 1 heterocycles. The van der Waals surface area contributed by atoms with Gasteiger partial charge >= 0.3 is 58.2 Å². The van der Waals surface area contributed by atoms with Gasteiger partial charge in [0.2, 0.25) is 0 Å². The van der Waals surface area contributed by atoms with Crippen LogP contribution in [0.1, 0.15) is 0 Å². The molecular weight excluding hydrogens is 259 g/mol. The van der Waals surface area contributed by atoms with Gasteiger partial charge < -0.3 is 10.7 Å². The Morgan fingerprint density at radius 2 is 2.08 bits per heavy atom. The molecule has 2 rings (SSSR count). The number of fused-ring (bicyclic) bond motifs is 1. The standard InChI is InChI=1S/C8H5ClN3.Rb/c9-5-1-2-6-7(3-5)11-4-8(10)12-6;/h1-3H,(H2,10,12);/q-1;+1. The van der Waals surface area contributed by atoms with Crippen molar-refractivity contribution in [2.75, 3.05) is 5.73 Å². The average Bonchev–Trinajstić information content (AvgIpc) is 2.05. The molecular formula is C8H5ClN3Rb. The van der Waals surface area contributed by atoms with Crippen molar-refractivity contribution >= 4 is 28.5 Å². The minimum absolute atomic E-state index is 0. The summed E-state index contributed by atoms with van der Waals surface area (Å²) in [6.07, 6.45) is 2.56. The summed E-state index contributed by atoms with van der Waals surface area (Å²) in [6, 6.07) is 5.24. The van der Waals surface area contributed by atoms with Gasteiger partial charge in [-0.3, -0.25) is 4.98 Å². The van der Waals surface area contributed by atoms with Crippen molar-refractivity contribution in [2.24, 2.45) is 0 Å². The van der Waals surface area contributed by atoms with Crippen LogP contribution in [-0.4, -0.2) is 9.97 Å². The molecule has 13 heavy (non-hydrogen) atoms. The number of hydrogen-bond donors (Lipinski definition) is 1. The van der Waals surface area contributed by atoms with Crippen LogP contribution in [0.5, 0.6) is 0 Å². The third-order valence-corrected chi connectivity index (χ3v) is 1.70. The first-order chi connectivity index (χ1) is 5.75. The molecule has 0 aliphatic carbocycles. The topological polar surface area (TPSA) is 51.8 Å². The third-order valence-electron chi connectivity index (χ3n) is 1.47. The number of hydrogen-bond acceptors (Lipinski definition) is 3. The van der Waals surface area contributed by atoms with Crippen molar-refractivity contribution in [3.63, 3.8) is 0 Å². The molecule has 0 bridgehead atoms. The molecule has 0 amide bonds. The third kappa shape index (κ3) is 2.70. The van der Waals surface area contributed by atoms with Crippen LogP contribution in [0.25, 0.3) is 11.0 Å². The second-order valence-electron chi connectivity index (χ2n) is 2.35. The van der Waals surface area contributed by atoms with E-state index in [1.54, 1.807) is 18.2 Å². The molecule has 0 unspecified atom stereocenters. The van der Waals surface area contributed by atoms with E-state index < -0.39 is 0 Å². The van der Waals surface area contributed by atoms with Gasteiger partial charge in [-0.05, 0) is 6.07 Å². The molecule has 60 valence electrons. The van der Waals surface area contributed by atoms with E-state index in [0.29, 0.717) is 16.4 Å². The van der Waals surface area contributed by atoms with Gasteiger partial charge in [0.1, 0.15) is 0 Å². The number of anilines is 1. The Balaban J connectivity index is 0.000000845. The van der Waals surface area contributed by atoms with E-state index in [0.717, 1.165) is 5.52 Å². The molecule has 5 heteroatoms. The maximum atomic E-state index is 5.75. The van der Waals surface area contributed by atoms with Gasteiger partial charge in [0.05, 0.1) is 0 Å². The van der Waals surface area contributed by atoms with Gasteiger partial charge in [0, 0.05) is 16.4 Å². The molecule has 3 nitrogen and oxygen atoms in total. The quantitative estimate of drug-likeness (QED) is 0.600. The Morgan fingerprint density at radius 3 is 2.85 bits per heavy atom. The number of benzene rings is 1. The number of rotatable bonds is 0. The van der Waals surface area contributed by atoms with E-state index in [9.17, 15) is 0 Å². The van der Waals surface area contributed by atoms with Crippen molar-refractivity contribution in [3.05, 3.63) is 29.4 Å². The number of halogens is 1. The Labute approximate surface area is 129 Å². The van der Waals surface area contributed by atoms with Crippen LogP contribution in [-0.2, 0) is 0 Å². The second kappa shape index (κ2) is 4.80. The summed E-state index contributed by atoms with van der Waals surface area (Å²) in [7, 11) is 0. The Morgan fingerprint density at radius 1 is 1.31 bits per heavy atom. The van der Waals surface area contributed by atoms with Crippen molar-refractivity contribution in [2.45, 2.75) is 0 Å². The summed E-state index contributed by atoms with van der Waals surface area (Å²) in [5, 5.41) is 0.634. The molecule has 0 fully saturated rings. The van der Waals surface area contributed by atoms with E-state index in [1.807, 2.05) is 0 Å². The summed E-state index contributed by atoms with van der Waals surface area (Å²) in [6.45, 7) is 0. The van der Waals surface area contributed by atoms with Crippen LogP contribution in [0.4, 0.5) is 5.82 Å². The average molecular weight is 264 g/mol. The monoisotopic (exact) mass is 263 g/mol. The van der Waals surface area contributed by atoms with E-state index in [1.165, 1.54) is 0 Å². The maximum Gasteiger partial charge on any atom is 1.00 e. The SMILES string of the molecule is Nc1[c-]nc2cc(Cl)ccc2n1.[Rb+]. The van der Waals surface area contributed by atoms with Gasteiger partial charge in [0.15, 0.2) is 0 Å². The van der Waals surface area contributed by atoms with Crippen molar-refractivity contribution in [3.8, 4) is 0 Å². The first kappa shape index (κ1) is 11.5. The molecule has 0 saturated heterocycles. The predicted molar refractivity (Wildman–Crippen MR) is 47.8 cm³/mol. The van der Waals surface area contributed by atoms with Crippen LogP contribution in [0, 0.1) is 6.20 Å². The van der Waals surface area contributed by atoms with Gasteiger partial charge in [-0.25, -0.2) is 0 Å². The zero-order chi connectivity index (χ0) is 8.55. The van der Waals surface area contributed by atoms with E-state index in [-0.39, 0.29) is 58.2 Å². The normalized spacial score (nSPS) is 9.62. The number of nitrogens with zero attached hydrogens (tertiary/aromatic N) is 2. The molecule has 0 spiro atoms. The fraction of sp³-hybridized carbons (Fsp3) is 0. The molecule has 1 aromatic carbocycles. The van der Waals surface area contributed by atoms with Gasteiger partial charge in [-0.15, -0.1) is 6.20 Å². The molecule has 1 aromatic heterocycles. The van der Waals surface area contributed by atoms with Crippen LogP contribution < -0.4 is 63.9 Å². The Bertz CT molecular complexity index is 391. The molecule has 0 atom stereocenters. The Hall–Kier alpha value is 0.455. The maximum absolute atomic E-state index is 5.75. The van der Waals surface area contributed by atoms with Crippen LogP contribution in [0.3, 0.4) is 0 Å². The predicted octanol–water partition coefficient (Wildman–Crippen LogP) is -1.33. The minimum atomic E-state index is 0. The van der Waals surface area contributed by atoms with Crippen molar-refractivity contribution in [1.82, 2.24) is 9.97 Å². The minimum Gasteiger partial charge on any atom is -0.446 e. The molecule has 0 aliphatic heterocycles. The zero-order valence-electron chi connectivity index (χ0n) is 7.08.